The van der Waals surface area contributed by atoms with Crippen LogP contribution in [0.5, 0.6) is 0 Å². The van der Waals surface area contributed by atoms with Gasteiger partial charge in [-0.25, -0.2) is 4.98 Å². The first-order chi connectivity index (χ1) is 14.2. The van der Waals surface area contributed by atoms with E-state index in [1.807, 2.05) is 48.5 Å². The molecule has 0 unspecified atom stereocenters. The molecule has 5 rings (SSSR count). The Morgan fingerprint density at radius 3 is 2.76 bits per heavy atom. The van der Waals surface area contributed by atoms with E-state index in [9.17, 15) is 9.59 Å². The molecule has 2 aromatic heterocycles. The van der Waals surface area contributed by atoms with Crippen LogP contribution in [-0.2, 0) is 19.4 Å². The van der Waals surface area contributed by atoms with E-state index in [1.165, 1.54) is 6.07 Å². The first-order valence-electron chi connectivity index (χ1n) is 9.60. The van der Waals surface area contributed by atoms with Gasteiger partial charge in [-0.15, -0.1) is 0 Å². The highest BCUT2D eigenvalue weighted by atomic mass is 16.4. The molecule has 0 fully saturated rings. The Hall–Kier alpha value is -3.67. The minimum atomic E-state index is -0.281. The second-order valence-corrected chi connectivity index (χ2v) is 7.21. The van der Waals surface area contributed by atoms with Gasteiger partial charge in [-0.3, -0.25) is 9.59 Å². The zero-order valence-corrected chi connectivity index (χ0v) is 15.7. The number of nitrogens with one attached hydrogen (secondary N) is 1. The van der Waals surface area contributed by atoms with Crippen molar-refractivity contribution in [3.63, 3.8) is 0 Å². The Morgan fingerprint density at radius 2 is 1.90 bits per heavy atom. The van der Waals surface area contributed by atoms with Crippen LogP contribution in [0.15, 0.2) is 69.9 Å². The van der Waals surface area contributed by atoms with E-state index in [4.69, 9.17) is 4.42 Å². The van der Waals surface area contributed by atoms with Gasteiger partial charge in [0.2, 0.25) is 5.56 Å². The predicted molar refractivity (Wildman–Crippen MR) is 109 cm³/mol. The summed E-state index contributed by atoms with van der Waals surface area (Å²) in [6.45, 7) is 0.917. The molecule has 0 saturated carbocycles. The van der Waals surface area contributed by atoms with E-state index in [0.717, 1.165) is 22.4 Å². The molecule has 2 aromatic carbocycles. The summed E-state index contributed by atoms with van der Waals surface area (Å²) in [5.41, 5.74) is 2.73. The van der Waals surface area contributed by atoms with Crippen molar-refractivity contribution in [3.05, 3.63) is 99.5 Å². The molecule has 0 saturated heterocycles. The van der Waals surface area contributed by atoms with Gasteiger partial charge in [0, 0.05) is 36.4 Å². The van der Waals surface area contributed by atoms with E-state index < -0.39 is 0 Å². The van der Waals surface area contributed by atoms with Crippen molar-refractivity contribution in [2.24, 2.45) is 0 Å². The monoisotopic (exact) mass is 385 g/mol. The van der Waals surface area contributed by atoms with Crippen LogP contribution in [0.25, 0.3) is 10.9 Å². The number of amides is 1. The van der Waals surface area contributed by atoms with E-state index >= 15 is 0 Å². The van der Waals surface area contributed by atoms with Gasteiger partial charge in [0.15, 0.2) is 5.89 Å². The summed E-state index contributed by atoms with van der Waals surface area (Å²) >= 11 is 0. The summed E-state index contributed by atoms with van der Waals surface area (Å²) in [5.74, 6) is 1.35. The third kappa shape index (κ3) is 3.33. The first-order valence-corrected chi connectivity index (χ1v) is 9.60. The first kappa shape index (κ1) is 17.4. The smallest absolute Gasteiger partial charge is 0.255 e. The summed E-state index contributed by atoms with van der Waals surface area (Å²) in [7, 11) is 0. The maximum absolute atomic E-state index is 13.2. The predicted octanol–water partition coefficient (Wildman–Crippen LogP) is 3.31. The molecule has 0 bridgehead atoms. The van der Waals surface area contributed by atoms with Crippen LogP contribution in [0, 0.1) is 0 Å². The molecule has 29 heavy (non-hydrogen) atoms. The second kappa shape index (κ2) is 7.05. The molecule has 6 heteroatoms. The molecule has 0 radical (unpaired) electrons. The molecule has 3 heterocycles. The van der Waals surface area contributed by atoms with Crippen LogP contribution in [0.3, 0.4) is 0 Å². The number of pyridine rings is 1. The number of carbonyl (C=O) groups excluding carboxylic acids is 1. The van der Waals surface area contributed by atoms with E-state index in [2.05, 4.69) is 9.97 Å². The number of H-pyrrole nitrogens is 1. The summed E-state index contributed by atoms with van der Waals surface area (Å²) < 4.78 is 5.93. The summed E-state index contributed by atoms with van der Waals surface area (Å²) in [5, 5.41) is 0.743. The van der Waals surface area contributed by atoms with Crippen LogP contribution < -0.4 is 5.56 Å². The van der Waals surface area contributed by atoms with Crippen molar-refractivity contribution in [2.75, 3.05) is 6.54 Å². The SMILES string of the molecule is O=C(c1cc(=O)[nH]c2ccccc12)N1CCc2oc(Cc3ccccc3)nc2C1. The van der Waals surface area contributed by atoms with Gasteiger partial charge in [-0.1, -0.05) is 48.5 Å². The summed E-state index contributed by atoms with van der Waals surface area (Å²) in [4.78, 5) is 34.3. The Balaban J connectivity index is 1.41. The van der Waals surface area contributed by atoms with Gasteiger partial charge >= 0.3 is 0 Å². The number of aromatic nitrogens is 2. The fourth-order valence-corrected chi connectivity index (χ4v) is 3.82. The van der Waals surface area contributed by atoms with Crippen molar-refractivity contribution in [2.45, 2.75) is 19.4 Å². The Bertz CT molecular complexity index is 1260. The maximum Gasteiger partial charge on any atom is 0.255 e. The average Bonchev–Trinajstić information content (AvgIpc) is 3.14. The van der Waals surface area contributed by atoms with E-state index in [1.54, 1.807) is 11.0 Å². The molecule has 1 N–H and O–H groups in total. The molecule has 0 aliphatic carbocycles. The number of aromatic amines is 1. The number of hydrogen-bond donors (Lipinski definition) is 1. The minimum Gasteiger partial charge on any atom is -0.445 e. The highest BCUT2D eigenvalue weighted by molar-refractivity contribution is 6.05. The lowest BCUT2D eigenvalue weighted by atomic mass is 10.1. The second-order valence-electron chi connectivity index (χ2n) is 7.21. The van der Waals surface area contributed by atoms with Crippen molar-refractivity contribution in [1.82, 2.24) is 14.9 Å². The van der Waals surface area contributed by atoms with Crippen molar-refractivity contribution in [3.8, 4) is 0 Å². The molecule has 1 amide bonds. The van der Waals surface area contributed by atoms with Crippen molar-refractivity contribution in [1.29, 1.82) is 0 Å². The van der Waals surface area contributed by atoms with Gasteiger partial charge in [0.25, 0.3) is 5.91 Å². The number of oxazole rings is 1. The number of rotatable bonds is 3. The normalized spacial score (nSPS) is 13.4. The fourth-order valence-electron chi connectivity index (χ4n) is 3.82. The highest BCUT2D eigenvalue weighted by Gasteiger charge is 2.27. The Morgan fingerprint density at radius 1 is 1.10 bits per heavy atom. The van der Waals surface area contributed by atoms with Gasteiger partial charge in [-0.2, -0.15) is 0 Å². The number of carbonyl (C=O) groups is 1. The van der Waals surface area contributed by atoms with Gasteiger partial charge in [0.1, 0.15) is 11.5 Å². The molecule has 1 aliphatic rings. The topological polar surface area (TPSA) is 79.2 Å². The van der Waals surface area contributed by atoms with Crippen LogP contribution in [0.4, 0.5) is 0 Å². The largest absolute Gasteiger partial charge is 0.445 e. The highest BCUT2D eigenvalue weighted by Crippen LogP contribution is 2.24. The lowest BCUT2D eigenvalue weighted by Crippen LogP contribution is -2.36. The lowest BCUT2D eigenvalue weighted by molar-refractivity contribution is 0.0729. The molecule has 0 atom stereocenters. The Labute approximate surface area is 166 Å². The summed E-state index contributed by atoms with van der Waals surface area (Å²) in [6, 6.07) is 18.8. The number of nitrogens with zero attached hydrogens (tertiary/aromatic N) is 2. The lowest BCUT2D eigenvalue weighted by Gasteiger charge is -2.25. The fraction of sp³-hybridized carbons (Fsp3) is 0.174. The van der Waals surface area contributed by atoms with E-state index in [0.29, 0.717) is 42.9 Å². The van der Waals surface area contributed by atoms with Gasteiger partial charge in [-0.05, 0) is 11.6 Å². The maximum atomic E-state index is 13.2. The molecule has 6 nitrogen and oxygen atoms in total. The molecule has 144 valence electrons. The molecular weight excluding hydrogens is 366 g/mol. The molecule has 0 spiro atoms. The zero-order valence-electron chi connectivity index (χ0n) is 15.7. The van der Waals surface area contributed by atoms with Gasteiger partial charge < -0.3 is 14.3 Å². The standard InChI is InChI=1S/C23H19N3O3/c27-21-13-17(16-8-4-5-9-18(16)24-21)23(28)26-11-10-20-19(14-26)25-22(29-20)12-15-6-2-1-3-7-15/h1-9,13H,10-12,14H2,(H,24,27). The van der Waals surface area contributed by atoms with Crippen LogP contribution in [0.1, 0.15) is 33.3 Å². The number of para-hydroxylation sites is 1. The molecular formula is C23H19N3O3. The third-order valence-electron chi connectivity index (χ3n) is 5.24. The number of benzene rings is 2. The van der Waals surface area contributed by atoms with E-state index in [-0.39, 0.29) is 11.5 Å². The van der Waals surface area contributed by atoms with Crippen molar-refractivity contribution >= 4 is 16.8 Å². The van der Waals surface area contributed by atoms with Gasteiger partial charge in [0.05, 0.1) is 12.1 Å². The Kier molecular flexibility index (Phi) is 4.24. The zero-order chi connectivity index (χ0) is 19.8. The van der Waals surface area contributed by atoms with Crippen LogP contribution in [0.2, 0.25) is 0 Å². The summed E-state index contributed by atoms with van der Waals surface area (Å²) in [6.07, 6.45) is 1.24. The van der Waals surface area contributed by atoms with Crippen LogP contribution >= 0.6 is 0 Å². The van der Waals surface area contributed by atoms with Crippen molar-refractivity contribution < 1.29 is 9.21 Å². The number of fused-ring (bicyclic) bond motifs is 2. The third-order valence-corrected chi connectivity index (χ3v) is 5.24. The quantitative estimate of drug-likeness (QED) is 0.587. The minimum absolute atomic E-state index is 0.162. The molecule has 1 aliphatic heterocycles. The van der Waals surface area contributed by atoms with Crippen LogP contribution in [-0.4, -0.2) is 27.3 Å². The number of hydrogen-bond acceptors (Lipinski definition) is 4. The average molecular weight is 385 g/mol. The molecule has 4 aromatic rings.